The molecule has 1 aromatic rings. The van der Waals surface area contributed by atoms with Gasteiger partial charge in [-0.25, -0.2) is 0 Å². The molecule has 0 saturated carbocycles. The molecule has 0 heterocycles. The van der Waals surface area contributed by atoms with E-state index in [1.165, 1.54) is 16.7 Å². The Hall–Kier alpha value is -0.820. The fourth-order valence-corrected chi connectivity index (χ4v) is 3.14. The van der Waals surface area contributed by atoms with E-state index in [2.05, 4.69) is 94.4 Å². The molecule has 1 nitrogen and oxygen atoms in total. The minimum atomic E-state index is -0.237. The predicted octanol–water partition coefficient (Wildman–Crippen LogP) is 6.54. The smallest absolute Gasteiger partial charge is 0.0166 e. The minimum absolute atomic E-state index is 0.140. The van der Waals surface area contributed by atoms with Crippen molar-refractivity contribution < 1.29 is 0 Å². The Bertz CT molecular complexity index is 521. The highest BCUT2D eigenvalue weighted by Crippen LogP contribution is 2.40. The molecule has 1 atom stereocenters. The van der Waals surface area contributed by atoms with Crippen LogP contribution in [0.25, 0.3) is 0 Å². The van der Waals surface area contributed by atoms with Crippen molar-refractivity contribution in [2.75, 3.05) is 0 Å². The van der Waals surface area contributed by atoms with Crippen LogP contribution in [-0.2, 0) is 10.8 Å². The summed E-state index contributed by atoms with van der Waals surface area (Å²) in [5.74, 6) is 0.348. The number of nitrogens with two attached hydrogens (primary N) is 1. The highest BCUT2D eigenvalue weighted by atomic mass is 14.7. The molecule has 0 fully saturated rings. The van der Waals surface area contributed by atoms with Crippen LogP contribution < -0.4 is 5.73 Å². The van der Waals surface area contributed by atoms with Crippen LogP contribution in [0.2, 0.25) is 0 Å². The normalized spacial score (nSPS) is 15.5. The summed E-state index contributed by atoms with van der Waals surface area (Å²) in [5.41, 5.74) is 11.1. The third-order valence-electron chi connectivity index (χ3n) is 4.80. The number of rotatable bonds is 3. The summed E-state index contributed by atoms with van der Waals surface area (Å²) < 4.78 is 0. The molecular weight excluding hydrogens is 290 g/mol. The molecule has 1 rings (SSSR count). The second-order valence-corrected chi connectivity index (χ2v) is 11.5. The number of benzene rings is 1. The van der Waals surface area contributed by atoms with Gasteiger partial charge in [-0.3, -0.25) is 0 Å². The lowest BCUT2D eigenvalue weighted by molar-refractivity contribution is 0.275. The first-order valence-electron chi connectivity index (χ1n) is 9.36. The van der Waals surface area contributed by atoms with Crippen molar-refractivity contribution in [3.8, 4) is 0 Å². The van der Waals surface area contributed by atoms with E-state index in [4.69, 9.17) is 5.73 Å². The topological polar surface area (TPSA) is 26.0 Å². The lowest BCUT2D eigenvalue weighted by Crippen LogP contribution is -2.41. The van der Waals surface area contributed by atoms with Crippen LogP contribution in [0.3, 0.4) is 0 Å². The molecule has 0 aromatic heterocycles. The van der Waals surface area contributed by atoms with Gasteiger partial charge < -0.3 is 5.73 Å². The average molecular weight is 332 g/mol. The van der Waals surface area contributed by atoms with Crippen molar-refractivity contribution in [2.24, 2.45) is 11.1 Å². The van der Waals surface area contributed by atoms with E-state index < -0.39 is 0 Å². The zero-order chi connectivity index (χ0) is 19.1. The first-order valence-corrected chi connectivity index (χ1v) is 9.36. The van der Waals surface area contributed by atoms with Gasteiger partial charge in [0.2, 0.25) is 0 Å². The van der Waals surface area contributed by atoms with Crippen LogP contribution in [0, 0.1) is 5.41 Å². The first kappa shape index (κ1) is 21.2. The van der Waals surface area contributed by atoms with E-state index in [-0.39, 0.29) is 21.8 Å². The molecule has 0 radical (unpaired) electrons. The molecule has 0 spiro atoms. The molecule has 0 saturated heterocycles. The highest BCUT2D eigenvalue weighted by Gasteiger charge is 2.32. The van der Waals surface area contributed by atoms with Gasteiger partial charge in [0.25, 0.3) is 0 Å². The minimum Gasteiger partial charge on any atom is -0.325 e. The molecule has 1 heteroatoms. The molecule has 1 aromatic carbocycles. The SMILES string of the molecule is CC(C)(C)CC(c1cc(C(C)(C)C)cc(C(C)(C)C)c1)C(C)(C)N. The van der Waals surface area contributed by atoms with Gasteiger partial charge in [0.05, 0.1) is 0 Å². The maximum absolute atomic E-state index is 6.64. The monoisotopic (exact) mass is 331 g/mol. The van der Waals surface area contributed by atoms with Gasteiger partial charge in [-0.05, 0) is 53.2 Å². The maximum Gasteiger partial charge on any atom is 0.0166 e. The summed E-state index contributed by atoms with van der Waals surface area (Å²) in [6, 6.07) is 7.20. The zero-order valence-corrected chi connectivity index (χ0v) is 18.1. The quantitative estimate of drug-likeness (QED) is 0.668. The lowest BCUT2D eigenvalue weighted by Gasteiger charge is -2.37. The largest absolute Gasteiger partial charge is 0.325 e. The van der Waals surface area contributed by atoms with Crippen molar-refractivity contribution in [1.82, 2.24) is 0 Å². The summed E-state index contributed by atoms with van der Waals surface area (Å²) >= 11 is 0. The van der Waals surface area contributed by atoms with Gasteiger partial charge in [-0.2, -0.15) is 0 Å². The molecule has 0 aliphatic rings. The molecular formula is C23H41N. The van der Waals surface area contributed by atoms with E-state index in [0.29, 0.717) is 5.92 Å². The fourth-order valence-electron chi connectivity index (χ4n) is 3.14. The Balaban J connectivity index is 3.58. The third kappa shape index (κ3) is 5.92. The molecule has 1 unspecified atom stereocenters. The van der Waals surface area contributed by atoms with E-state index >= 15 is 0 Å². The van der Waals surface area contributed by atoms with E-state index in [0.717, 1.165) is 6.42 Å². The molecule has 0 amide bonds. The van der Waals surface area contributed by atoms with Gasteiger partial charge in [-0.15, -0.1) is 0 Å². The Morgan fingerprint density at radius 3 is 1.33 bits per heavy atom. The van der Waals surface area contributed by atoms with Crippen LogP contribution in [0.5, 0.6) is 0 Å². The van der Waals surface area contributed by atoms with E-state index in [1.807, 2.05) is 0 Å². The summed E-state index contributed by atoms with van der Waals surface area (Å²) in [6.07, 6.45) is 1.09. The lowest BCUT2D eigenvalue weighted by atomic mass is 9.70. The maximum atomic E-state index is 6.64. The van der Waals surface area contributed by atoms with Crippen LogP contribution in [-0.4, -0.2) is 5.54 Å². The Morgan fingerprint density at radius 1 is 0.708 bits per heavy atom. The second-order valence-electron chi connectivity index (χ2n) is 11.5. The van der Waals surface area contributed by atoms with Crippen LogP contribution in [0.15, 0.2) is 18.2 Å². The number of hydrogen-bond donors (Lipinski definition) is 1. The van der Waals surface area contributed by atoms with Crippen molar-refractivity contribution in [1.29, 1.82) is 0 Å². The van der Waals surface area contributed by atoms with Gasteiger partial charge in [0.15, 0.2) is 0 Å². The number of hydrogen-bond acceptors (Lipinski definition) is 1. The Morgan fingerprint density at radius 2 is 1.08 bits per heavy atom. The van der Waals surface area contributed by atoms with Gasteiger partial charge >= 0.3 is 0 Å². The Labute approximate surface area is 151 Å². The molecule has 24 heavy (non-hydrogen) atoms. The molecule has 0 bridgehead atoms. The Kier molecular flexibility index (Phi) is 5.73. The zero-order valence-electron chi connectivity index (χ0n) is 18.1. The third-order valence-corrected chi connectivity index (χ3v) is 4.80. The van der Waals surface area contributed by atoms with Crippen molar-refractivity contribution >= 4 is 0 Å². The van der Waals surface area contributed by atoms with Crippen molar-refractivity contribution in [3.05, 3.63) is 34.9 Å². The first-order chi connectivity index (χ1) is 10.4. The summed E-state index contributed by atoms with van der Waals surface area (Å²) in [6.45, 7) is 25.0. The van der Waals surface area contributed by atoms with Gasteiger partial charge in [0.1, 0.15) is 0 Å². The fraction of sp³-hybridized carbons (Fsp3) is 0.739. The molecule has 2 N–H and O–H groups in total. The van der Waals surface area contributed by atoms with Gasteiger partial charge in [0, 0.05) is 11.5 Å². The summed E-state index contributed by atoms with van der Waals surface area (Å²) in [4.78, 5) is 0. The highest BCUT2D eigenvalue weighted by molar-refractivity contribution is 5.40. The van der Waals surface area contributed by atoms with E-state index in [1.54, 1.807) is 0 Å². The predicted molar refractivity (Wildman–Crippen MR) is 109 cm³/mol. The van der Waals surface area contributed by atoms with Crippen LogP contribution in [0.4, 0.5) is 0 Å². The second kappa shape index (κ2) is 6.48. The molecule has 0 aliphatic heterocycles. The van der Waals surface area contributed by atoms with Gasteiger partial charge in [-0.1, -0.05) is 80.5 Å². The average Bonchev–Trinajstić information content (AvgIpc) is 2.31. The standard InChI is InChI=1S/C23H41N/c1-20(2,3)15-19(23(10,11)24)16-12-17(21(4,5)6)14-18(13-16)22(7,8)9/h12-14,19H,15,24H2,1-11H3. The van der Waals surface area contributed by atoms with Crippen LogP contribution >= 0.6 is 0 Å². The molecule has 0 aliphatic carbocycles. The van der Waals surface area contributed by atoms with Crippen LogP contribution in [0.1, 0.15) is 105 Å². The summed E-state index contributed by atoms with van der Waals surface area (Å²) in [7, 11) is 0. The van der Waals surface area contributed by atoms with Crippen molar-refractivity contribution in [3.63, 3.8) is 0 Å². The van der Waals surface area contributed by atoms with E-state index in [9.17, 15) is 0 Å². The molecule has 138 valence electrons. The van der Waals surface area contributed by atoms with Crippen molar-refractivity contribution in [2.45, 2.75) is 105 Å². The summed E-state index contributed by atoms with van der Waals surface area (Å²) in [5, 5.41) is 0.